The van der Waals surface area contributed by atoms with Gasteiger partial charge in [0.05, 0.1) is 30.7 Å². The molecular formula is C21H24N12O6. The molecule has 0 bridgehead atoms. The Bertz CT molecular complexity index is 1430. The number of hydrogen-bond donors (Lipinski definition) is 7. The maximum Gasteiger partial charge on any atom is 0.308 e. The molecule has 39 heavy (non-hydrogen) atoms. The fraction of sp³-hybridized carbons (Fsp3) is 0.286. The molecule has 3 aromatic rings. The number of nitrogens with one attached hydrogen (secondary N) is 5. The Hall–Kier alpha value is -5.23. The fourth-order valence-corrected chi connectivity index (χ4v) is 3.33. The van der Waals surface area contributed by atoms with E-state index < -0.39 is 29.3 Å². The number of nitrogens with two attached hydrogens (primary N) is 1. The van der Waals surface area contributed by atoms with Crippen LogP contribution in [0.15, 0.2) is 45.7 Å². The number of aliphatic hydroxyl groups is 1. The van der Waals surface area contributed by atoms with Gasteiger partial charge >= 0.3 is 5.91 Å². The maximum absolute atomic E-state index is 12.6. The maximum atomic E-state index is 12.6. The summed E-state index contributed by atoms with van der Waals surface area (Å²) in [6, 6.07) is 4.61. The minimum Gasteiger partial charge on any atom is -0.395 e. The number of rotatable bonds is 13. The smallest absolute Gasteiger partial charge is 0.308 e. The third-order valence-corrected chi connectivity index (χ3v) is 5.21. The molecule has 2 heterocycles. The van der Waals surface area contributed by atoms with E-state index in [9.17, 15) is 24.1 Å². The Labute approximate surface area is 218 Å². The average molecular weight is 541 g/mol. The van der Waals surface area contributed by atoms with Gasteiger partial charge in [0.1, 0.15) is 6.04 Å². The van der Waals surface area contributed by atoms with Crippen molar-refractivity contribution in [1.82, 2.24) is 30.6 Å². The van der Waals surface area contributed by atoms with Crippen LogP contribution in [-0.4, -0.2) is 62.0 Å². The van der Waals surface area contributed by atoms with E-state index in [0.717, 1.165) is 0 Å². The van der Waals surface area contributed by atoms with Gasteiger partial charge in [-0.05, 0) is 30.7 Å². The summed E-state index contributed by atoms with van der Waals surface area (Å²) in [6.45, 7) is -0.185. The molecule has 0 saturated carbocycles. The number of aromatic amines is 1. The molecule has 18 nitrogen and oxygen atoms in total. The summed E-state index contributed by atoms with van der Waals surface area (Å²) in [7, 11) is 0. The van der Waals surface area contributed by atoms with Crippen molar-refractivity contribution in [1.29, 1.82) is 5.53 Å². The minimum atomic E-state index is -1.31. The second-order valence-corrected chi connectivity index (χ2v) is 7.91. The highest BCUT2D eigenvalue weighted by Crippen LogP contribution is 2.16. The van der Waals surface area contributed by atoms with Crippen molar-refractivity contribution in [3.05, 3.63) is 57.0 Å². The second-order valence-electron chi connectivity index (χ2n) is 7.91. The molecule has 0 fully saturated rings. The van der Waals surface area contributed by atoms with Crippen LogP contribution in [-0.2, 0) is 16.1 Å². The van der Waals surface area contributed by atoms with E-state index in [1.165, 1.54) is 35.5 Å². The summed E-state index contributed by atoms with van der Waals surface area (Å²) in [6.07, 6.45) is 1.04. The monoisotopic (exact) mass is 540 g/mol. The topological polar surface area (TPSA) is 274 Å². The molecule has 0 aliphatic heterocycles. The average Bonchev–Trinajstić information content (AvgIpc) is 2.94. The summed E-state index contributed by atoms with van der Waals surface area (Å²) >= 11 is 0. The van der Waals surface area contributed by atoms with E-state index in [2.05, 4.69) is 46.4 Å². The number of aromatic nitrogens is 4. The highest BCUT2D eigenvalue weighted by atomic mass is 16.3. The third kappa shape index (κ3) is 7.63. The Balaban J connectivity index is 1.65. The van der Waals surface area contributed by atoms with Crippen molar-refractivity contribution in [3.63, 3.8) is 0 Å². The van der Waals surface area contributed by atoms with Gasteiger partial charge in [0, 0.05) is 23.7 Å². The van der Waals surface area contributed by atoms with Crippen LogP contribution in [0.5, 0.6) is 0 Å². The molecule has 0 aliphatic carbocycles. The van der Waals surface area contributed by atoms with Gasteiger partial charge in [-0.25, -0.2) is 21.2 Å². The number of hydrazine groups is 1. The molecular weight excluding hydrogens is 516 g/mol. The van der Waals surface area contributed by atoms with Gasteiger partial charge in [-0.3, -0.25) is 24.2 Å². The predicted molar refractivity (Wildman–Crippen MR) is 135 cm³/mol. The number of nitrogens with zero attached hydrogens (tertiary/aromatic N) is 6. The standard InChI is InChI=1S/C21H24N12O6/c22-32-30-21-28-17-16(20(38)29-21)26-12(9-25-17)10-33(23)13-3-1-11(2-4-13)18(36)27-14(19(37)31-39)5-6-15(35)24-7-8-34/h1-4,9,14,34H,5-8,10,23H2,(H,24,35)(H,27,36)(H3,22,25,28,29,30,38). The first-order chi connectivity index (χ1) is 18.7. The number of fused-ring (bicyclic) bond motifs is 1. The molecule has 204 valence electrons. The second kappa shape index (κ2) is 13.4. The van der Waals surface area contributed by atoms with Gasteiger partial charge in [0.15, 0.2) is 11.2 Å². The normalized spacial score (nSPS) is 11.3. The largest absolute Gasteiger partial charge is 0.395 e. The van der Waals surface area contributed by atoms with Gasteiger partial charge in [-0.15, -0.1) is 4.91 Å². The van der Waals surface area contributed by atoms with Crippen LogP contribution in [0.1, 0.15) is 28.9 Å². The zero-order valence-electron chi connectivity index (χ0n) is 20.2. The van der Waals surface area contributed by atoms with Gasteiger partial charge in [-0.2, -0.15) is 10.5 Å². The number of hydrogen-bond acceptors (Lipinski definition) is 13. The van der Waals surface area contributed by atoms with E-state index in [4.69, 9.17) is 16.5 Å². The molecule has 3 rings (SSSR count). The molecule has 2 aromatic heterocycles. The Morgan fingerprint density at radius 2 is 1.95 bits per heavy atom. The van der Waals surface area contributed by atoms with Crippen LogP contribution < -0.4 is 32.5 Å². The van der Waals surface area contributed by atoms with Crippen LogP contribution in [0.4, 0.5) is 11.6 Å². The van der Waals surface area contributed by atoms with Gasteiger partial charge in [-0.1, -0.05) is 5.22 Å². The lowest BCUT2D eigenvalue weighted by atomic mass is 10.1. The molecule has 0 spiro atoms. The van der Waals surface area contributed by atoms with Crippen LogP contribution >= 0.6 is 0 Å². The molecule has 0 aliphatic rings. The highest BCUT2D eigenvalue weighted by molar-refractivity contribution is 5.98. The SMILES string of the molecule is N=NNc1nc2ncc(CN(N)c3ccc(C(=O)NC(CCC(=O)NCCO)C(=O)N=O)cc3)nc2c(=O)[nH]1. The van der Waals surface area contributed by atoms with Crippen LogP contribution in [0.3, 0.4) is 0 Å². The molecule has 8 N–H and O–H groups in total. The number of carbonyl (C=O) groups is 3. The van der Waals surface area contributed by atoms with Crippen molar-refractivity contribution < 1.29 is 19.5 Å². The van der Waals surface area contributed by atoms with Crippen molar-refractivity contribution in [2.24, 2.45) is 16.2 Å². The van der Waals surface area contributed by atoms with Gasteiger partial charge in [0.25, 0.3) is 11.5 Å². The van der Waals surface area contributed by atoms with Crippen molar-refractivity contribution in [3.8, 4) is 0 Å². The quantitative estimate of drug-likeness (QED) is 0.0609. The van der Waals surface area contributed by atoms with Gasteiger partial charge in [0.2, 0.25) is 11.9 Å². The van der Waals surface area contributed by atoms with Crippen molar-refractivity contribution in [2.45, 2.75) is 25.4 Å². The first-order valence-electron chi connectivity index (χ1n) is 11.3. The summed E-state index contributed by atoms with van der Waals surface area (Å²) in [5.74, 6) is 3.78. The zero-order chi connectivity index (χ0) is 28.4. The minimum absolute atomic E-state index is 0.0337. The van der Waals surface area contributed by atoms with Crippen molar-refractivity contribution in [2.75, 3.05) is 23.6 Å². The van der Waals surface area contributed by atoms with E-state index in [1.54, 1.807) is 0 Å². The number of amides is 3. The van der Waals surface area contributed by atoms with Crippen LogP contribution in [0.2, 0.25) is 0 Å². The summed E-state index contributed by atoms with van der Waals surface area (Å²) < 4.78 is 0. The molecule has 1 aromatic carbocycles. The summed E-state index contributed by atoms with van der Waals surface area (Å²) in [4.78, 5) is 73.8. The molecule has 0 radical (unpaired) electrons. The molecule has 1 atom stereocenters. The van der Waals surface area contributed by atoms with Gasteiger partial charge < -0.3 is 20.7 Å². The molecule has 18 heteroatoms. The highest BCUT2D eigenvalue weighted by Gasteiger charge is 2.23. The van der Waals surface area contributed by atoms with E-state index in [1.807, 2.05) is 0 Å². The van der Waals surface area contributed by atoms with Crippen LogP contribution in [0, 0.1) is 10.4 Å². The van der Waals surface area contributed by atoms with E-state index in [0.29, 0.717) is 11.4 Å². The third-order valence-electron chi connectivity index (χ3n) is 5.21. The summed E-state index contributed by atoms with van der Waals surface area (Å²) in [5.41, 5.74) is 9.35. The predicted octanol–water partition coefficient (Wildman–Crippen LogP) is -0.769. The number of carbonyl (C=O) groups excluding carboxylic acids is 3. The lowest BCUT2D eigenvalue weighted by molar-refractivity contribution is -0.122. The Morgan fingerprint density at radius 1 is 1.21 bits per heavy atom. The lowest BCUT2D eigenvalue weighted by Crippen LogP contribution is -2.41. The van der Waals surface area contributed by atoms with Crippen molar-refractivity contribution >= 4 is 40.5 Å². The number of aliphatic hydroxyl groups excluding tert-OH is 1. The first-order valence-corrected chi connectivity index (χ1v) is 11.3. The van der Waals surface area contributed by atoms with Crippen LogP contribution in [0.25, 0.3) is 11.2 Å². The molecule has 3 amide bonds. The zero-order valence-corrected chi connectivity index (χ0v) is 20.2. The first kappa shape index (κ1) is 28.3. The number of nitroso groups, excluding NO2 is 1. The molecule has 1 unspecified atom stereocenters. The number of anilines is 2. The van der Waals surface area contributed by atoms with E-state index >= 15 is 0 Å². The van der Waals surface area contributed by atoms with E-state index in [-0.39, 0.29) is 55.2 Å². The number of H-pyrrole nitrogens is 1. The molecule has 0 saturated heterocycles. The summed E-state index contributed by atoms with van der Waals surface area (Å²) in [5, 5.41) is 20.1. The Morgan fingerprint density at radius 3 is 2.62 bits per heavy atom. The lowest BCUT2D eigenvalue weighted by Gasteiger charge is -2.19. The fourth-order valence-electron chi connectivity index (χ4n) is 3.33. The number of benzene rings is 1. The Kier molecular flexibility index (Phi) is 9.70.